The minimum Gasteiger partial charge on any atom is -0.506 e. The first-order chi connectivity index (χ1) is 5.29. The van der Waals surface area contributed by atoms with Crippen LogP contribution in [0.15, 0.2) is 18.2 Å². The van der Waals surface area contributed by atoms with Crippen LogP contribution in [-0.2, 0) is 0 Å². The van der Waals surface area contributed by atoms with Crippen LogP contribution in [0.4, 0.5) is 11.4 Å². The molecule has 0 amide bonds. The van der Waals surface area contributed by atoms with Crippen LogP contribution < -0.4 is 15.0 Å². The van der Waals surface area contributed by atoms with E-state index in [1.165, 1.54) is 16.5 Å². The Morgan fingerprint density at radius 3 is 3.09 bits per heavy atom. The highest BCUT2D eigenvalue weighted by molar-refractivity contribution is 8.02. The molecule has 11 heavy (non-hydrogen) atoms. The Kier molecular flexibility index (Phi) is 1.33. The number of phenols is 1. The summed E-state index contributed by atoms with van der Waals surface area (Å²) >= 11 is 1.24. The highest BCUT2D eigenvalue weighted by atomic mass is 32.2. The summed E-state index contributed by atoms with van der Waals surface area (Å²) < 4.78 is 4.35. The van der Waals surface area contributed by atoms with E-state index in [-0.39, 0.29) is 5.75 Å². The zero-order chi connectivity index (χ0) is 7.84. The van der Waals surface area contributed by atoms with Gasteiger partial charge in [0, 0.05) is 0 Å². The molecule has 4 N–H and O–H groups in total. The van der Waals surface area contributed by atoms with E-state index in [0.717, 1.165) is 5.69 Å². The van der Waals surface area contributed by atoms with E-state index >= 15 is 0 Å². The molecule has 1 aliphatic rings. The molecule has 0 saturated heterocycles. The molecule has 0 fully saturated rings. The first-order valence-corrected chi connectivity index (χ1v) is 3.86. The summed E-state index contributed by atoms with van der Waals surface area (Å²) in [5.41, 5.74) is 1.48. The number of hydrogen-bond acceptors (Lipinski definition) is 5. The SMILES string of the molecule is NN1SNc2c(O)cccc21. The van der Waals surface area contributed by atoms with E-state index in [1.807, 2.05) is 6.07 Å². The maximum atomic E-state index is 9.29. The molecule has 0 aliphatic carbocycles. The van der Waals surface area contributed by atoms with Crippen LogP contribution in [0.25, 0.3) is 0 Å². The van der Waals surface area contributed by atoms with Crippen molar-refractivity contribution in [3.8, 4) is 5.75 Å². The molecule has 2 rings (SSSR count). The van der Waals surface area contributed by atoms with Gasteiger partial charge in [0.15, 0.2) is 0 Å². The molecule has 1 aromatic rings. The number of phenolic OH excluding ortho intramolecular Hbond substituents is 1. The summed E-state index contributed by atoms with van der Waals surface area (Å²) in [4.78, 5) is 0. The zero-order valence-electron chi connectivity index (χ0n) is 5.61. The molecule has 0 saturated carbocycles. The number of benzene rings is 1. The number of nitrogens with zero attached hydrogens (tertiary/aromatic N) is 1. The highest BCUT2D eigenvalue weighted by Gasteiger charge is 2.19. The molecule has 1 heterocycles. The Hall–Kier alpha value is -1.07. The lowest BCUT2D eigenvalue weighted by Gasteiger charge is -2.05. The fourth-order valence-corrected chi connectivity index (χ4v) is 1.61. The van der Waals surface area contributed by atoms with Gasteiger partial charge in [-0.25, -0.2) is 10.3 Å². The molecule has 0 atom stereocenters. The van der Waals surface area contributed by atoms with Gasteiger partial charge in [-0.15, -0.1) is 0 Å². The van der Waals surface area contributed by atoms with Gasteiger partial charge in [-0.2, -0.15) is 0 Å². The minimum absolute atomic E-state index is 0.225. The van der Waals surface area contributed by atoms with Gasteiger partial charge in [-0.05, 0) is 12.1 Å². The maximum Gasteiger partial charge on any atom is 0.141 e. The number of fused-ring (bicyclic) bond motifs is 1. The molecule has 1 aromatic carbocycles. The number of nitrogens with two attached hydrogens (primary N) is 1. The van der Waals surface area contributed by atoms with Crippen molar-refractivity contribution in [1.29, 1.82) is 0 Å². The summed E-state index contributed by atoms with van der Waals surface area (Å²) in [5, 5.41) is 9.29. The lowest BCUT2D eigenvalue weighted by atomic mass is 10.2. The van der Waals surface area contributed by atoms with Crippen molar-refractivity contribution in [2.45, 2.75) is 0 Å². The lowest BCUT2D eigenvalue weighted by molar-refractivity contribution is 0.478. The maximum absolute atomic E-state index is 9.29. The van der Waals surface area contributed by atoms with Gasteiger partial charge >= 0.3 is 0 Å². The van der Waals surface area contributed by atoms with Crippen LogP contribution in [-0.4, -0.2) is 5.11 Å². The fourth-order valence-electron chi connectivity index (χ4n) is 0.961. The fraction of sp³-hybridized carbons (Fsp3) is 0. The number of anilines is 2. The second kappa shape index (κ2) is 2.21. The second-order valence-electron chi connectivity index (χ2n) is 2.19. The third-order valence-electron chi connectivity index (χ3n) is 1.50. The van der Waals surface area contributed by atoms with Crippen LogP contribution in [0, 0.1) is 0 Å². The van der Waals surface area contributed by atoms with E-state index in [0.29, 0.717) is 5.69 Å². The van der Waals surface area contributed by atoms with Gasteiger partial charge in [-0.1, -0.05) is 6.07 Å². The predicted octanol–water partition coefficient (Wildman–Crippen LogP) is 1.06. The van der Waals surface area contributed by atoms with Gasteiger partial charge < -0.3 is 9.83 Å². The normalized spacial score (nSPS) is 14.5. The van der Waals surface area contributed by atoms with E-state index in [4.69, 9.17) is 5.84 Å². The van der Waals surface area contributed by atoms with Crippen molar-refractivity contribution in [2.75, 3.05) is 9.14 Å². The summed E-state index contributed by atoms with van der Waals surface area (Å²) in [7, 11) is 0. The van der Waals surface area contributed by atoms with Crippen LogP contribution in [0.3, 0.4) is 0 Å². The van der Waals surface area contributed by atoms with Crippen molar-refractivity contribution in [3.05, 3.63) is 18.2 Å². The van der Waals surface area contributed by atoms with E-state index in [9.17, 15) is 5.11 Å². The molecule has 0 bridgehead atoms. The molecule has 5 heteroatoms. The van der Waals surface area contributed by atoms with Crippen LogP contribution in [0.2, 0.25) is 0 Å². The molecule has 4 nitrogen and oxygen atoms in total. The molecular formula is C6H7N3OS. The minimum atomic E-state index is 0.225. The number of para-hydroxylation sites is 1. The third-order valence-corrected chi connectivity index (χ3v) is 2.19. The topological polar surface area (TPSA) is 61.5 Å². The number of aromatic hydroxyl groups is 1. The molecule has 1 aliphatic heterocycles. The van der Waals surface area contributed by atoms with Crippen molar-refractivity contribution in [2.24, 2.45) is 5.84 Å². The van der Waals surface area contributed by atoms with Crippen molar-refractivity contribution >= 4 is 23.5 Å². The highest BCUT2D eigenvalue weighted by Crippen LogP contribution is 2.42. The number of rotatable bonds is 0. The van der Waals surface area contributed by atoms with E-state index in [1.54, 1.807) is 12.1 Å². The van der Waals surface area contributed by atoms with Crippen molar-refractivity contribution in [1.82, 2.24) is 0 Å². The first kappa shape index (κ1) is 6.63. The molecule has 0 aromatic heterocycles. The largest absolute Gasteiger partial charge is 0.506 e. The summed E-state index contributed by atoms with van der Waals surface area (Å²) in [5.74, 6) is 5.76. The molecular weight excluding hydrogens is 162 g/mol. The Bertz CT molecular complexity index is 291. The average molecular weight is 169 g/mol. The smallest absolute Gasteiger partial charge is 0.141 e. The summed E-state index contributed by atoms with van der Waals surface area (Å²) in [6, 6.07) is 5.20. The van der Waals surface area contributed by atoms with Crippen molar-refractivity contribution < 1.29 is 5.11 Å². The van der Waals surface area contributed by atoms with Crippen LogP contribution in [0.1, 0.15) is 0 Å². The summed E-state index contributed by atoms with van der Waals surface area (Å²) in [6.45, 7) is 0. The third kappa shape index (κ3) is 0.892. The Balaban J connectivity index is 2.57. The molecule has 0 radical (unpaired) electrons. The van der Waals surface area contributed by atoms with Gasteiger partial charge in [0.1, 0.15) is 11.4 Å². The molecule has 0 spiro atoms. The van der Waals surface area contributed by atoms with E-state index < -0.39 is 0 Å². The quantitative estimate of drug-likeness (QED) is 0.308. The average Bonchev–Trinajstić information content (AvgIpc) is 2.35. The van der Waals surface area contributed by atoms with E-state index in [2.05, 4.69) is 4.72 Å². The van der Waals surface area contributed by atoms with Gasteiger partial charge in [-0.3, -0.25) is 0 Å². The lowest BCUT2D eigenvalue weighted by Crippen LogP contribution is -2.19. The predicted molar refractivity (Wildman–Crippen MR) is 46.0 cm³/mol. The standard InChI is InChI=1S/C6H7N3OS/c7-9-4-2-1-3-5(10)6(4)8-11-9/h1-3,8,10H,7H2. The second-order valence-corrected chi connectivity index (χ2v) is 2.97. The zero-order valence-corrected chi connectivity index (χ0v) is 6.43. The Morgan fingerprint density at radius 1 is 1.55 bits per heavy atom. The van der Waals surface area contributed by atoms with Crippen molar-refractivity contribution in [3.63, 3.8) is 0 Å². The molecule has 0 unspecified atom stereocenters. The van der Waals surface area contributed by atoms with Gasteiger partial charge in [0.25, 0.3) is 0 Å². The Morgan fingerprint density at radius 2 is 2.36 bits per heavy atom. The summed E-state index contributed by atoms with van der Waals surface area (Å²) in [6.07, 6.45) is 0. The van der Waals surface area contributed by atoms with Crippen LogP contribution in [0.5, 0.6) is 5.75 Å². The Labute approximate surface area is 68.2 Å². The van der Waals surface area contributed by atoms with Gasteiger partial charge in [0.2, 0.25) is 0 Å². The number of nitrogens with one attached hydrogen (secondary N) is 1. The monoisotopic (exact) mass is 169 g/mol. The van der Waals surface area contributed by atoms with Gasteiger partial charge in [0.05, 0.1) is 17.8 Å². The number of hydrazine groups is 1. The van der Waals surface area contributed by atoms with Crippen LogP contribution >= 0.6 is 12.1 Å². The molecule has 58 valence electrons. The number of hydrogen-bond donors (Lipinski definition) is 3. The first-order valence-electron chi connectivity index (χ1n) is 3.09.